The number of hydrogen-bond donors (Lipinski definition) is 1. The fourth-order valence-electron chi connectivity index (χ4n) is 2.58. The summed E-state index contributed by atoms with van der Waals surface area (Å²) in [7, 11) is 0. The van der Waals surface area contributed by atoms with Crippen LogP contribution in [0.1, 0.15) is 28.6 Å². The summed E-state index contributed by atoms with van der Waals surface area (Å²) in [4.78, 5) is 15.0. The number of nitrogens with two attached hydrogens (primary N) is 1. The predicted octanol–water partition coefficient (Wildman–Crippen LogP) is 3.29. The molecule has 1 amide bonds. The van der Waals surface area contributed by atoms with Crippen LogP contribution in [0.25, 0.3) is 10.1 Å². The molecule has 106 valence electrons. The van der Waals surface area contributed by atoms with Crippen molar-refractivity contribution in [3.63, 3.8) is 0 Å². The van der Waals surface area contributed by atoms with Gasteiger partial charge in [0.05, 0.1) is 5.02 Å². The standard InChI is InChI=1S/C15H17ClN2OS/c1-2-9-3-4-11-12(7-9)20-14(13(11)16)15(19)18-6-5-10(17)8-18/h3-4,7,10H,2,5-6,8,17H2,1H3. The fraction of sp³-hybridized carbons (Fsp3) is 0.400. The van der Waals surface area contributed by atoms with E-state index in [0.29, 0.717) is 16.4 Å². The van der Waals surface area contributed by atoms with Gasteiger partial charge in [0, 0.05) is 29.2 Å². The zero-order valence-electron chi connectivity index (χ0n) is 11.4. The molecule has 2 aromatic rings. The van der Waals surface area contributed by atoms with E-state index in [1.807, 2.05) is 11.0 Å². The second kappa shape index (κ2) is 5.35. The van der Waals surface area contributed by atoms with E-state index in [1.54, 1.807) is 0 Å². The second-order valence-corrected chi connectivity index (χ2v) is 6.66. The number of benzene rings is 1. The Morgan fingerprint density at radius 1 is 1.55 bits per heavy atom. The monoisotopic (exact) mass is 308 g/mol. The van der Waals surface area contributed by atoms with Gasteiger partial charge in [0.2, 0.25) is 0 Å². The lowest BCUT2D eigenvalue weighted by Gasteiger charge is -2.14. The van der Waals surface area contributed by atoms with Gasteiger partial charge in [-0.15, -0.1) is 11.3 Å². The summed E-state index contributed by atoms with van der Waals surface area (Å²) < 4.78 is 1.08. The normalized spacial score (nSPS) is 18.9. The molecule has 2 heterocycles. The molecular formula is C15H17ClN2OS. The number of carbonyl (C=O) groups is 1. The number of aryl methyl sites for hydroxylation is 1. The van der Waals surface area contributed by atoms with Crippen LogP contribution in [0, 0.1) is 0 Å². The molecule has 3 nitrogen and oxygen atoms in total. The third kappa shape index (κ3) is 2.32. The molecule has 0 saturated carbocycles. The van der Waals surface area contributed by atoms with E-state index in [4.69, 9.17) is 17.3 Å². The molecule has 3 rings (SSSR count). The van der Waals surface area contributed by atoms with Gasteiger partial charge in [-0.25, -0.2) is 0 Å². The van der Waals surface area contributed by atoms with Gasteiger partial charge in [-0.2, -0.15) is 0 Å². The Balaban J connectivity index is 1.99. The van der Waals surface area contributed by atoms with Gasteiger partial charge in [-0.05, 0) is 24.5 Å². The Bertz CT molecular complexity index is 667. The van der Waals surface area contributed by atoms with E-state index < -0.39 is 0 Å². The summed E-state index contributed by atoms with van der Waals surface area (Å²) in [5.74, 6) is 0.0159. The van der Waals surface area contributed by atoms with E-state index in [-0.39, 0.29) is 11.9 Å². The highest BCUT2D eigenvalue weighted by molar-refractivity contribution is 7.21. The number of nitrogens with zero attached hydrogens (tertiary/aromatic N) is 1. The van der Waals surface area contributed by atoms with Crippen molar-refractivity contribution in [2.75, 3.05) is 13.1 Å². The zero-order chi connectivity index (χ0) is 14.3. The zero-order valence-corrected chi connectivity index (χ0v) is 12.9. The number of likely N-dealkylation sites (tertiary alicyclic amines) is 1. The number of halogens is 1. The van der Waals surface area contributed by atoms with Gasteiger partial charge in [0.25, 0.3) is 5.91 Å². The first kappa shape index (κ1) is 13.9. The molecule has 0 spiro atoms. The van der Waals surface area contributed by atoms with E-state index in [9.17, 15) is 4.79 Å². The van der Waals surface area contributed by atoms with Crippen molar-refractivity contribution < 1.29 is 4.79 Å². The maximum atomic E-state index is 12.5. The molecule has 2 N–H and O–H groups in total. The minimum atomic E-state index is 0.0159. The molecule has 1 saturated heterocycles. The lowest BCUT2D eigenvalue weighted by atomic mass is 10.1. The van der Waals surface area contributed by atoms with E-state index in [1.165, 1.54) is 16.9 Å². The van der Waals surface area contributed by atoms with Gasteiger partial charge in [-0.1, -0.05) is 30.7 Å². The highest BCUT2D eigenvalue weighted by Crippen LogP contribution is 2.37. The predicted molar refractivity (Wildman–Crippen MR) is 84.7 cm³/mol. The molecular weight excluding hydrogens is 292 g/mol. The third-order valence-electron chi connectivity index (χ3n) is 3.81. The van der Waals surface area contributed by atoms with E-state index in [0.717, 1.165) is 29.5 Å². The highest BCUT2D eigenvalue weighted by atomic mass is 35.5. The molecule has 0 radical (unpaired) electrons. The summed E-state index contributed by atoms with van der Waals surface area (Å²) in [6.07, 6.45) is 1.85. The topological polar surface area (TPSA) is 46.3 Å². The smallest absolute Gasteiger partial charge is 0.265 e. The highest BCUT2D eigenvalue weighted by Gasteiger charge is 2.27. The average molecular weight is 309 g/mol. The fourth-order valence-corrected chi connectivity index (χ4v) is 4.13. The summed E-state index contributed by atoms with van der Waals surface area (Å²) in [5.41, 5.74) is 7.13. The van der Waals surface area contributed by atoms with E-state index >= 15 is 0 Å². The molecule has 1 fully saturated rings. The number of hydrogen-bond acceptors (Lipinski definition) is 3. The van der Waals surface area contributed by atoms with Crippen molar-refractivity contribution in [3.8, 4) is 0 Å². The van der Waals surface area contributed by atoms with Crippen LogP contribution in [0.2, 0.25) is 5.02 Å². The summed E-state index contributed by atoms with van der Waals surface area (Å²) in [5, 5.41) is 1.55. The Morgan fingerprint density at radius 3 is 3.00 bits per heavy atom. The molecule has 5 heteroatoms. The molecule has 1 aromatic carbocycles. The van der Waals surface area contributed by atoms with Gasteiger partial charge in [0.1, 0.15) is 4.88 Å². The van der Waals surface area contributed by atoms with Crippen molar-refractivity contribution in [3.05, 3.63) is 33.7 Å². The largest absolute Gasteiger partial charge is 0.336 e. The average Bonchev–Trinajstić information content (AvgIpc) is 3.02. The van der Waals surface area contributed by atoms with Crippen molar-refractivity contribution in [1.82, 2.24) is 4.90 Å². The van der Waals surface area contributed by atoms with Crippen LogP contribution < -0.4 is 5.73 Å². The van der Waals surface area contributed by atoms with Gasteiger partial charge >= 0.3 is 0 Å². The van der Waals surface area contributed by atoms with Crippen molar-refractivity contribution in [2.45, 2.75) is 25.8 Å². The summed E-state index contributed by atoms with van der Waals surface area (Å²) in [6.45, 7) is 3.47. The quantitative estimate of drug-likeness (QED) is 0.925. The second-order valence-electron chi connectivity index (χ2n) is 5.23. The molecule has 0 bridgehead atoms. The van der Waals surface area contributed by atoms with Crippen LogP contribution in [0.3, 0.4) is 0 Å². The van der Waals surface area contributed by atoms with Gasteiger partial charge < -0.3 is 10.6 Å². The van der Waals surface area contributed by atoms with Crippen LogP contribution >= 0.6 is 22.9 Å². The molecule has 1 aliphatic rings. The number of thiophene rings is 1. The van der Waals surface area contributed by atoms with Crippen molar-refractivity contribution >= 4 is 38.9 Å². The van der Waals surface area contributed by atoms with Crippen LogP contribution in [0.5, 0.6) is 0 Å². The van der Waals surface area contributed by atoms with Crippen molar-refractivity contribution in [1.29, 1.82) is 0 Å². The van der Waals surface area contributed by atoms with Crippen LogP contribution in [0.15, 0.2) is 18.2 Å². The Labute approximate surface area is 127 Å². The Morgan fingerprint density at radius 2 is 2.35 bits per heavy atom. The third-order valence-corrected chi connectivity index (χ3v) is 5.45. The SMILES string of the molecule is CCc1ccc2c(Cl)c(C(=O)N3CCC(N)C3)sc2c1. The first-order valence-electron chi connectivity index (χ1n) is 6.86. The number of amides is 1. The number of carbonyl (C=O) groups excluding carboxylic acids is 1. The van der Waals surface area contributed by atoms with Gasteiger partial charge in [-0.3, -0.25) is 4.79 Å². The first-order chi connectivity index (χ1) is 9.60. The molecule has 20 heavy (non-hydrogen) atoms. The summed E-state index contributed by atoms with van der Waals surface area (Å²) in [6, 6.07) is 6.30. The maximum Gasteiger partial charge on any atom is 0.265 e. The van der Waals surface area contributed by atoms with E-state index in [2.05, 4.69) is 19.1 Å². The van der Waals surface area contributed by atoms with Crippen molar-refractivity contribution in [2.24, 2.45) is 5.73 Å². The summed E-state index contributed by atoms with van der Waals surface area (Å²) >= 11 is 7.88. The lowest BCUT2D eigenvalue weighted by molar-refractivity contribution is 0.0796. The number of fused-ring (bicyclic) bond motifs is 1. The lowest BCUT2D eigenvalue weighted by Crippen LogP contribution is -2.31. The Kier molecular flexibility index (Phi) is 3.71. The molecule has 0 aliphatic carbocycles. The molecule has 1 aromatic heterocycles. The maximum absolute atomic E-state index is 12.5. The molecule has 1 atom stereocenters. The first-order valence-corrected chi connectivity index (χ1v) is 8.05. The minimum absolute atomic E-state index is 0.0159. The molecule has 1 unspecified atom stereocenters. The van der Waals surface area contributed by atoms with Crippen LogP contribution in [0.4, 0.5) is 0 Å². The van der Waals surface area contributed by atoms with Crippen LogP contribution in [-0.4, -0.2) is 29.9 Å². The Hall–Kier alpha value is -1.10. The number of rotatable bonds is 2. The molecule has 1 aliphatic heterocycles. The van der Waals surface area contributed by atoms with Crippen LogP contribution in [-0.2, 0) is 6.42 Å². The minimum Gasteiger partial charge on any atom is -0.336 e. The van der Waals surface area contributed by atoms with Gasteiger partial charge in [0.15, 0.2) is 0 Å².